The smallest absolute Gasteiger partial charge is 0.416 e. The van der Waals surface area contributed by atoms with E-state index in [9.17, 15) is 37.7 Å². The van der Waals surface area contributed by atoms with Crippen LogP contribution in [-0.2, 0) is 30.0 Å². The fourth-order valence-corrected chi connectivity index (χ4v) is 1.98. The third-order valence-electron chi connectivity index (χ3n) is 3.08. The van der Waals surface area contributed by atoms with Gasteiger partial charge in [-0.25, -0.2) is 4.79 Å². The zero-order valence-corrected chi connectivity index (χ0v) is 14.2. The van der Waals surface area contributed by atoms with Gasteiger partial charge in [0, 0.05) is 6.07 Å². The lowest BCUT2D eigenvalue weighted by Gasteiger charge is -2.21. The van der Waals surface area contributed by atoms with Gasteiger partial charge in [-0.15, -0.1) is 0 Å². The van der Waals surface area contributed by atoms with Crippen molar-refractivity contribution >= 4 is 29.2 Å². The Labute approximate surface area is 150 Å². The van der Waals surface area contributed by atoms with Gasteiger partial charge in [-0.3, -0.25) is 24.6 Å². The number of esters is 2. The molecule has 9 nitrogen and oxygen atoms in total. The number of amides is 1. The van der Waals surface area contributed by atoms with Gasteiger partial charge in [0.15, 0.2) is 0 Å². The molecule has 0 spiro atoms. The maximum atomic E-state index is 12.8. The van der Waals surface area contributed by atoms with Gasteiger partial charge in [-0.05, 0) is 26.0 Å². The number of nitro groups is 1. The molecule has 1 amide bonds. The average Bonchev–Trinajstić information content (AvgIpc) is 2.58. The van der Waals surface area contributed by atoms with Gasteiger partial charge in [-0.2, -0.15) is 13.2 Å². The van der Waals surface area contributed by atoms with E-state index in [4.69, 9.17) is 0 Å². The number of anilines is 1. The van der Waals surface area contributed by atoms with E-state index in [2.05, 4.69) is 9.47 Å². The summed E-state index contributed by atoms with van der Waals surface area (Å²) in [5.41, 5.74) is -3.14. The largest absolute Gasteiger partial charge is 0.465 e. The summed E-state index contributed by atoms with van der Waals surface area (Å²) in [6.07, 6.45) is -4.87. The molecule has 1 aromatic carbocycles. The lowest BCUT2D eigenvalue weighted by molar-refractivity contribution is -0.384. The minimum atomic E-state index is -4.87. The van der Waals surface area contributed by atoms with E-state index in [-0.39, 0.29) is 19.3 Å². The van der Waals surface area contributed by atoms with Crippen LogP contribution in [0.4, 0.5) is 24.5 Å². The number of nitrogens with zero attached hydrogens (tertiary/aromatic N) is 2. The molecule has 0 unspecified atom stereocenters. The summed E-state index contributed by atoms with van der Waals surface area (Å²) in [5.74, 6) is -3.92. The van der Waals surface area contributed by atoms with E-state index in [0.29, 0.717) is 17.0 Å². The maximum absolute atomic E-state index is 12.8. The van der Waals surface area contributed by atoms with E-state index < -0.39 is 52.4 Å². The van der Waals surface area contributed by atoms with Crippen LogP contribution in [0.25, 0.3) is 0 Å². The summed E-state index contributed by atoms with van der Waals surface area (Å²) in [4.78, 5) is 46.0. The number of rotatable bonds is 6. The first-order chi connectivity index (χ1) is 12.5. The van der Waals surface area contributed by atoms with Gasteiger partial charge >= 0.3 is 24.0 Å². The fourth-order valence-electron chi connectivity index (χ4n) is 1.98. The molecule has 1 aromatic rings. The highest BCUT2D eigenvalue weighted by Crippen LogP contribution is 2.36. The molecule has 0 aromatic heterocycles. The quantitative estimate of drug-likeness (QED) is 0.315. The highest BCUT2D eigenvalue weighted by Gasteiger charge is 2.36. The standard InChI is InChI=1S/C15H15F3N2O7/c1-3-26-12(21)8-19(13(22)14(23)27-4-2)10-6-5-9(15(16,17)18)7-11(10)20(24)25/h5-7H,3-4,8H2,1-2H3. The van der Waals surface area contributed by atoms with Crippen molar-refractivity contribution in [3.63, 3.8) is 0 Å². The summed E-state index contributed by atoms with van der Waals surface area (Å²) in [6.45, 7) is 1.62. The Bertz CT molecular complexity index is 749. The van der Waals surface area contributed by atoms with Gasteiger partial charge in [0.1, 0.15) is 12.2 Å². The summed E-state index contributed by atoms with van der Waals surface area (Å²) in [6, 6.07) is 1.31. The SMILES string of the molecule is CCOC(=O)CN(C(=O)C(=O)OCC)c1ccc(C(F)(F)F)cc1[N+](=O)[O-]. The lowest BCUT2D eigenvalue weighted by Crippen LogP contribution is -2.42. The molecule has 0 aliphatic rings. The minimum absolute atomic E-state index is 0.0879. The van der Waals surface area contributed by atoms with Gasteiger partial charge in [0.05, 0.1) is 23.7 Å². The Hall–Kier alpha value is -3.18. The van der Waals surface area contributed by atoms with Crippen LogP contribution in [0.5, 0.6) is 0 Å². The van der Waals surface area contributed by atoms with Crippen LogP contribution in [0.15, 0.2) is 18.2 Å². The summed E-state index contributed by atoms with van der Waals surface area (Å²) >= 11 is 0. The van der Waals surface area contributed by atoms with E-state index in [1.165, 1.54) is 13.8 Å². The minimum Gasteiger partial charge on any atom is -0.465 e. The molecule has 0 fully saturated rings. The molecule has 12 heteroatoms. The van der Waals surface area contributed by atoms with Crippen LogP contribution in [0.2, 0.25) is 0 Å². The lowest BCUT2D eigenvalue weighted by atomic mass is 10.1. The van der Waals surface area contributed by atoms with Crippen LogP contribution in [-0.4, -0.2) is 42.5 Å². The predicted octanol–water partition coefficient (Wildman–Crippen LogP) is 2.07. The predicted molar refractivity (Wildman–Crippen MR) is 83.7 cm³/mol. The first-order valence-corrected chi connectivity index (χ1v) is 7.52. The number of alkyl halides is 3. The molecule has 0 aliphatic carbocycles. The molecule has 0 radical (unpaired) electrons. The average molecular weight is 392 g/mol. The molecule has 148 valence electrons. The first-order valence-electron chi connectivity index (χ1n) is 7.52. The Morgan fingerprint density at radius 3 is 2.22 bits per heavy atom. The molecule has 0 saturated carbocycles. The molecule has 0 aliphatic heterocycles. The van der Waals surface area contributed by atoms with Crippen molar-refractivity contribution in [3.8, 4) is 0 Å². The topological polar surface area (TPSA) is 116 Å². The highest BCUT2D eigenvalue weighted by atomic mass is 19.4. The Balaban J connectivity index is 3.47. The maximum Gasteiger partial charge on any atom is 0.416 e. The molecule has 0 atom stereocenters. The third-order valence-corrected chi connectivity index (χ3v) is 3.08. The Morgan fingerprint density at radius 1 is 1.15 bits per heavy atom. The molecular formula is C15H15F3N2O7. The van der Waals surface area contributed by atoms with E-state index in [0.717, 1.165) is 0 Å². The van der Waals surface area contributed by atoms with Crippen LogP contribution < -0.4 is 4.90 Å². The number of halogens is 3. The molecule has 1 rings (SSSR count). The summed E-state index contributed by atoms with van der Waals surface area (Å²) in [7, 11) is 0. The van der Waals surface area contributed by atoms with Crippen molar-refractivity contribution in [1.29, 1.82) is 0 Å². The molecule has 27 heavy (non-hydrogen) atoms. The number of carbonyl (C=O) groups is 3. The van der Waals surface area contributed by atoms with Crippen LogP contribution in [0.3, 0.4) is 0 Å². The Kier molecular flexibility index (Phi) is 7.26. The monoisotopic (exact) mass is 392 g/mol. The number of nitro benzene ring substituents is 1. The molecule has 0 saturated heterocycles. The molecule has 0 bridgehead atoms. The van der Waals surface area contributed by atoms with E-state index in [1.54, 1.807) is 0 Å². The second kappa shape index (κ2) is 8.96. The number of hydrogen-bond donors (Lipinski definition) is 0. The Morgan fingerprint density at radius 2 is 1.74 bits per heavy atom. The van der Waals surface area contributed by atoms with Crippen molar-refractivity contribution in [2.24, 2.45) is 0 Å². The van der Waals surface area contributed by atoms with Gasteiger partial charge < -0.3 is 9.47 Å². The number of ether oxygens (including phenoxy) is 2. The third kappa shape index (κ3) is 5.66. The van der Waals surface area contributed by atoms with Crippen molar-refractivity contribution in [1.82, 2.24) is 0 Å². The molecule has 0 N–H and O–H groups in total. The normalized spacial score (nSPS) is 10.9. The van der Waals surface area contributed by atoms with Gasteiger partial charge in [-0.1, -0.05) is 0 Å². The first kappa shape index (κ1) is 21.9. The highest BCUT2D eigenvalue weighted by molar-refractivity contribution is 6.38. The molecular weight excluding hydrogens is 377 g/mol. The van der Waals surface area contributed by atoms with Gasteiger partial charge in [0.25, 0.3) is 5.69 Å². The second-order valence-corrected chi connectivity index (χ2v) is 4.88. The second-order valence-electron chi connectivity index (χ2n) is 4.88. The molecule has 0 heterocycles. The van der Waals surface area contributed by atoms with Crippen molar-refractivity contribution in [3.05, 3.63) is 33.9 Å². The summed E-state index contributed by atoms with van der Waals surface area (Å²) in [5, 5.41) is 11.2. The van der Waals surface area contributed by atoms with Crippen molar-refractivity contribution in [2.75, 3.05) is 24.7 Å². The van der Waals surface area contributed by atoms with Crippen LogP contribution in [0.1, 0.15) is 19.4 Å². The zero-order valence-electron chi connectivity index (χ0n) is 14.2. The number of carbonyl (C=O) groups excluding carboxylic acids is 3. The van der Waals surface area contributed by atoms with Gasteiger partial charge in [0.2, 0.25) is 0 Å². The zero-order chi connectivity index (χ0) is 20.8. The van der Waals surface area contributed by atoms with Crippen LogP contribution >= 0.6 is 0 Å². The fraction of sp³-hybridized carbons (Fsp3) is 0.400. The van der Waals surface area contributed by atoms with Crippen molar-refractivity contribution in [2.45, 2.75) is 20.0 Å². The van der Waals surface area contributed by atoms with Crippen LogP contribution in [0, 0.1) is 10.1 Å². The van der Waals surface area contributed by atoms with Crippen molar-refractivity contribution < 1.29 is 42.0 Å². The summed E-state index contributed by atoms with van der Waals surface area (Å²) < 4.78 is 47.6. The van der Waals surface area contributed by atoms with E-state index in [1.807, 2.05) is 0 Å². The number of benzene rings is 1. The number of hydrogen-bond acceptors (Lipinski definition) is 7. The van der Waals surface area contributed by atoms with E-state index >= 15 is 0 Å².